The summed E-state index contributed by atoms with van der Waals surface area (Å²) in [5, 5.41) is 5.93. The van der Waals surface area contributed by atoms with Crippen molar-refractivity contribution in [2.75, 3.05) is 20.2 Å². The normalized spacial score (nSPS) is 15.1. The number of methoxy groups -OCH3 is 1. The van der Waals surface area contributed by atoms with Gasteiger partial charge in [-0.2, -0.15) is 5.10 Å². The largest absolute Gasteiger partial charge is 0.497 e. The average molecular weight is 437 g/mol. The summed E-state index contributed by atoms with van der Waals surface area (Å²) in [6, 6.07) is 6.17. The van der Waals surface area contributed by atoms with Crippen molar-refractivity contribution in [3.8, 4) is 5.75 Å². The maximum atomic E-state index is 12.9. The van der Waals surface area contributed by atoms with Crippen LogP contribution in [-0.4, -0.2) is 45.8 Å². The summed E-state index contributed by atoms with van der Waals surface area (Å²) in [5.41, 5.74) is 5.99. The second-order valence-corrected chi connectivity index (χ2v) is 9.54. The second kappa shape index (κ2) is 9.39. The van der Waals surface area contributed by atoms with Crippen molar-refractivity contribution >= 4 is 16.8 Å². The third kappa shape index (κ3) is 4.54. The maximum Gasteiger partial charge on any atom is 0.222 e. The van der Waals surface area contributed by atoms with Crippen LogP contribution >= 0.6 is 0 Å². The minimum absolute atomic E-state index is 0.263. The molecule has 172 valence electrons. The number of ether oxygens (including phenoxy) is 1. The van der Waals surface area contributed by atoms with Crippen LogP contribution in [0, 0.1) is 19.8 Å². The van der Waals surface area contributed by atoms with Gasteiger partial charge in [0.25, 0.3) is 0 Å². The molecule has 1 fully saturated rings. The van der Waals surface area contributed by atoms with Crippen LogP contribution in [0.25, 0.3) is 10.9 Å². The number of aromatic nitrogens is 3. The Morgan fingerprint density at radius 2 is 2.00 bits per heavy atom. The van der Waals surface area contributed by atoms with E-state index in [1.807, 2.05) is 6.07 Å². The van der Waals surface area contributed by atoms with Gasteiger partial charge in [0.05, 0.1) is 12.8 Å². The molecule has 0 aliphatic carbocycles. The summed E-state index contributed by atoms with van der Waals surface area (Å²) in [7, 11) is 1.70. The van der Waals surface area contributed by atoms with Gasteiger partial charge in [-0.05, 0) is 74.3 Å². The van der Waals surface area contributed by atoms with Gasteiger partial charge in [0.1, 0.15) is 5.75 Å². The molecule has 3 aromatic rings. The molecule has 0 bridgehead atoms. The van der Waals surface area contributed by atoms with Gasteiger partial charge in [0.2, 0.25) is 5.91 Å². The number of carbonyl (C=O) groups excluding carboxylic acids is 1. The van der Waals surface area contributed by atoms with Crippen LogP contribution in [0.1, 0.15) is 61.5 Å². The summed E-state index contributed by atoms with van der Waals surface area (Å²) in [4.78, 5) is 18.4. The fraction of sp³-hybridized carbons (Fsp3) is 0.538. The number of likely N-dealkylation sites (tertiary alicyclic amines) is 1. The summed E-state index contributed by atoms with van der Waals surface area (Å²) < 4.78 is 7.51. The Hall–Kier alpha value is -2.76. The lowest BCUT2D eigenvalue weighted by Crippen LogP contribution is -2.38. The molecule has 0 saturated carbocycles. The van der Waals surface area contributed by atoms with Crippen LogP contribution in [0.15, 0.2) is 24.4 Å². The first-order valence-electron chi connectivity index (χ1n) is 11.8. The van der Waals surface area contributed by atoms with Crippen molar-refractivity contribution in [3.63, 3.8) is 0 Å². The lowest BCUT2D eigenvalue weighted by atomic mass is 9.89. The smallest absolute Gasteiger partial charge is 0.222 e. The monoisotopic (exact) mass is 436 g/mol. The van der Waals surface area contributed by atoms with Gasteiger partial charge in [-0.1, -0.05) is 13.8 Å². The van der Waals surface area contributed by atoms with Crippen molar-refractivity contribution in [2.45, 2.75) is 65.8 Å². The summed E-state index contributed by atoms with van der Waals surface area (Å²) in [5.74, 6) is 2.17. The molecule has 1 aromatic carbocycles. The molecule has 32 heavy (non-hydrogen) atoms. The van der Waals surface area contributed by atoms with E-state index in [1.54, 1.807) is 7.11 Å². The van der Waals surface area contributed by atoms with Crippen molar-refractivity contribution in [3.05, 3.63) is 46.9 Å². The third-order valence-electron chi connectivity index (χ3n) is 6.87. The van der Waals surface area contributed by atoms with Gasteiger partial charge >= 0.3 is 0 Å². The summed E-state index contributed by atoms with van der Waals surface area (Å²) in [6.45, 7) is 11.2. The molecule has 1 aliphatic rings. The summed E-state index contributed by atoms with van der Waals surface area (Å²) in [6.07, 6.45) is 5.47. The molecule has 1 aliphatic heterocycles. The van der Waals surface area contributed by atoms with Crippen molar-refractivity contribution in [1.82, 2.24) is 19.7 Å². The number of nitrogens with zero attached hydrogens (tertiary/aromatic N) is 3. The lowest BCUT2D eigenvalue weighted by molar-refractivity contribution is -0.132. The Balaban J connectivity index is 1.35. The molecule has 1 N–H and O–H groups in total. The van der Waals surface area contributed by atoms with E-state index in [0.717, 1.165) is 55.9 Å². The van der Waals surface area contributed by atoms with Gasteiger partial charge in [0, 0.05) is 48.8 Å². The molecule has 6 nitrogen and oxygen atoms in total. The Bertz CT molecular complexity index is 1090. The number of aromatic amines is 1. The number of fused-ring (bicyclic) bond motifs is 1. The highest BCUT2D eigenvalue weighted by molar-refractivity contribution is 5.85. The number of H-pyrrole nitrogens is 1. The minimum Gasteiger partial charge on any atom is -0.497 e. The van der Waals surface area contributed by atoms with E-state index in [0.29, 0.717) is 18.3 Å². The van der Waals surface area contributed by atoms with E-state index in [9.17, 15) is 4.79 Å². The maximum absolute atomic E-state index is 12.9. The number of rotatable bonds is 7. The van der Waals surface area contributed by atoms with E-state index >= 15 is 0 Å². The van der Waals surface area contributed by atoms with E-state index in [1.165, 1.54) is 22.2 Å². The Morgan fingerprint density at radius 1 is 1.25 bits per heavy atom. The van der Waals surface area contributed by atoms with Crippen LogP contribution in [-0.2, 0) is 17.8 Å². The van der Waals surface area contributed by atoms with Gasteiger partial charge in [-0.15, -0.1) is 0 Å². The van der Waals surface area contributed by atoms with Crippen LogP contribution in [0.2, 0.25) is 0 Å². The quantitative estimate of drug-likeness (QED) is 0.568. The number of benzene rings is 1. The molecule has 0 radical (unpaired) electrons. The SMILES string of the molecule is COc1ccc2[nH]cc(C3CCN(C(=O)CCc4c(C)nn(CC(C)C)c4C)CC3)c2c1. The van der Waals surface area contributed by atoms with Crippen molar-refractivity contribution in [2.24, 2.45) is 5.92 Å². The number of nitrogens with one attached hydrogen (secondary N) is 1. The van der Waals surface area contributed by atoms with Crippen molar-refractivity contribution in [1.29, 1.82) is 0 Å². The van der Waals surface area contributed by atoms with E-state index in [4.69, 9.17) is 9.84 Å². The molecule has 2 aromatic heterocycles. The van der Waals surface area contributed by atoms with E-state index < -0.39 is 0 Å². The molecule has 1 saturated heterocycles. The topological polar surface area (TPSA) is 63.1 Å². The average Bonchev–Trinajstić information content (AvgIpc) is 3.32. The number of hydrogen-bond acceptors (Lipinski definition) is 3. The standard InChI is InChI=1S/C26H36N4O2/c1-17(2)16-30-19(4)22(18(3)28-30)7-9-26(31)29-12-10-20(11-13-29)24-15-27-25-8-6-21(32-5)14-23(24)25/h6,8,14-15,17,20,27H,7,9-13,16H2,1-5H3. The summed E-state index contributed by atoms with van der Waals surface area (Å²) >= 11 is 0. The molecule has 1 amide bonds. The van der Waals surface area contributed by atoms with Gasteiger partial charge in [-0.3, -0.25) is 9.48 Å². The zero-order valence-corrected chi connectivity index (χ0v) is 20.1. The van der Waals surface area contributed by atoms with Crippen LogP contribution in [0.3, 0.4) is 0 Å². The number of piperidine rings is 1. The fourth-order valence-corrected chi connectivity index (χ4v) is 5.04. The highest BCUT2D eigenvalue weighted by Gasteiger charge is 2.26. The van der Waals surface area contributed by atoms with E-state index in [2.05, 4.69) is 60.6 Å². The molecule has 0 unspecified atom stereocenters. The van der Waals surface area contributed by atoms with Crippen LogP contribution in [0.5, 0.6) is 5.75 Å². The van der Waals surface area contributed by atoms with E-state index in [-0.39, 0.29) is 5.91 Å². The Labute approximate surface area is 190 Å². The van der Waals surface area contributed by atoms with Crippen LogP contribution in [0.4, 0.5) is 0 Å². The second-order valence-electron chi connectivity index (χ2n) is 9.54. The first-order valence-corrected chi connectivity index (χ1v) is 11.8. The van der Waals surface area contributed by atoms with Gasteiger partial charge < -0.3 is 14.6 Å². The zero-order chi connectivity index (χ0) is 22.8. The van der Waals surface area contributed by atoms with Crippen molar-refractivity contribution < 1.29 is 9.53 Å². The number of aryl methyl sites for hydroxylation is 1. The Kier molecular flexibility index (Phi) is 6.58. The highest BCUT2D eigenvalue weighted by Crippen LogP contribution is 2.35. The molecular formula is C26H36N4O2. The molecular weight excluding hydrogens is 400 g/mol. The number of carbonyl (C=O) groups is 1. The Morgan fingerprint density at radius 3 is 2.69 bits per heavy atom. The molecule has 0 atom stereocenters. The minimum atomic E-state index is 0.263. The predicted octanol–water partition coefficient (Wildman–Crippen LogP) is 4.98. The van der Waals surface area contributed by atoms with Gasteiger partial charge in [-0.25, -0.2) is 0 Å². The number of hydrogen-bond donors (Lipinski definition) is 1. The third-order valence-corrected chi connectivity index (χ3v) is 6.87. The van der Waals surface area contributed by atoms with Gasteiger partial charge in [0.15, 0.2) is 0 Å². The fourth-order valence-electron chi connectivity index (χ4n) is 5.04. The molecule has 4 rings (SSSR count). The lowest BCUT2D eigenvalue weighted by Gasteiger charge is -2.32. The highest BCUT2D eigenvalue weighted by atomic mass is 16.5. The molecule has 3 heterocycles. The van der Waals surface area contributed by atoms with Crippen LogP contribution < -0.4 is 4.74 Å². The zero-order valence-electron chi connectivity index (χ0n) is 20.1. The first kappa shape index (κ1) is 22.4. The predicted molar refractivity (Wildman–Crippen MR) is 128 cm³/mol. The molecule has 0 spiro atoms. The first-order chi connectivity index (χ1) is 15.4. The number of amides is 1. The molecule has 6 heteroatoms.